The summed E-state index contributed by atoms with van der Waals surface area (Å²) in [4.78, 5) is 11.6. The maximum absolute atomic E-state index is 11.6. The zero-order valence-electron chi connectivity index (χ0n) is 8.09. The number of rotatable bonds is 2. The molecule has 4 nitrogen and oxygen atoms in total. The van der Waals surface area contributed by atoms with Crippen LogP contribution in [-0.2, 0) is 9.53 Å². The van der Waals surface area contributed by atoms with Crippen LogP contribution in [0.5, 0.6) is 0 Å². The zero-order valence-corrected chi connectivity index (χ0v) is 8.09. The normalized spacial score (nSPS) is 41.2. The zero-order chi connectivity index (χ0) is 11.1. The van der Waals surface area contributed by atoms with Crippen molar-refractivity contribution in [3.63, 3.8) is 0 Å². The Morgan fingerprint density at radius 2 is 2.40 bits per heavy atom. The second kappa shape index (κ2) is 3.41. The summed E-state index contributed by atoms with van der Waals surface area (Å²) in [6.45, 7) is 3.18. The molecule has 1 aliphatic heterocycles. The molecule has 80 valence electrons. The summed E-state index contributed by atoms with van der Waals surface area (Å²) < 4.78 is 5.24. The number of aliphatic hydroxyl groups excluding tert-OH is 2. The van der Waals surface area contributed by atoms with Gasteiger partial charge in [-0.25, -0.2) is 0 Å². The molecule has 2 aliphatic rings. The SMILES string of the molecule is C=C/C=C1\C2C(=O)C=C[C@@]2(CO)O[C@@H]1O. The Bertz CT molecular complexity index is 369. The van der Waals surface area contributed by atoms with Gasteiger partial charge in [-0.05, 0) is 17.7 Å². The third kappa shape index (κ3) is 1.30. The molecule has 4 heteroatoms. The summed E-state index contributed by atoms with van der Waals surface area (Å²) >= 11 is 0. The molecule has 1 saturated heterocycles. The Morgan fingerprint density at radius 1 is 1.67 bits per heavy atom. The van der Waals surface area contributed by atoms with E-state index < -0.39 is 17.8 Å². The van der Waals surface area contributed by atoms with Gasteiger partial charge < -0.3 is 14.9 Å². The molecule has 0 aromatic carbocycles. The van der Waals surface area contributed by atoms with Crippen LogP contribution in [0, 0.1) is 5.92 Å². The largest absolute Gasteiger partial charge is 0.393 e. The van der Waals surface area contributed by atoms with Gasteiger partial charge in [0.05, 0.1) is 12.5 Å². The number of aliphatic hydroxyl groups is 2. The molecule has 15 heavy (non-hydrogen) atoms. The second-order valence-electron chi connectivity index (χ2n) is 3.65. The number of fused-ring (bicyclic) bond motifs is 1. The van der Waals surface area contributed by atoms with Gasteiger partial charge in [-0.3, -0.25) is 4.79 Å². The van der Waals surface area contributed by atoms with Crippen LogP contribution in [0.1, 0.15) is 0 Å². The number of ketones is 1. The molecule has 0 aromatic heterocycles. The van der Waals surface area contributed by atoms with E-state index in [1.165, 1.54) is 18.2 Å². The molecule has 3 atom stereocenters. The molecule has 0 saturated carbocycles. The Balaban J connectivity index is 2.45. The molecule has 1 heterocycles. The van der Waals surface area contributed by atoms with Crippen LogP contribution >= 0.6 is 0 Å². The average Bonchev–Trinajstić information content (AvgIpc) is 2.67. The lowest BCUT2D eigenvalue weighted by Gasteiger charge is -2.22. The molecule has 0 radical (unpaired) electrons. The van der Waals surface area contributed by atoms with Crippen LogP contribution in [0.15, 0.2) is 36.5 Å². The highest BCUT2D eigenvalue weighted by Crippen LogP contribution is 2.44. The number of carbonyl (C=O) groups excluding carboxylic acids is 1. The molecular formula is C11H12O4. The van der Waals surface area contributed by atoms with Crippen molar-refractivity contribution in [2.45, 2.75) is 11.9 Å². The lowest BCUT2D eigenvalue weighted by molar-refractivity contribution is -0.136. The van der Waals surface area contributed by atoms with Crippen molar-refractivity contribution in [1.29, 1.82) is 0 Å². The third-order valence-electron chi connectivity index (χ3n) is 2.81. The van der Waals surface area contributed by atoms with Crippen molar-refractivity contribution in [3.8, 4) is 0 Å². The van der Waals surface area contributed by atoms with Gasteiger partial charge in [0.15, 0.2) is 12.1 Å². The number of hydrogen-bond acceptors (Lipinski definition) is 4. The highest BCUT2D eigenvalue weighted by Gasteiger charge is 2.55. The van der Waals surface area contributed by atoms with Crippen LogP contribution in [0.3, 0.4) is 0 Å². The van der Waals surface area contributed by atoms with E-state index in [0.717, 1.165) is 0 Å². The van der Waals surface area contributed by atoms with E-state index in [0.29, 0.717) is 5.57 Å². The predicted octanol–water partition coefficient (Wildman–Crippen LogP) is -0.0664. The first kappa shape index (κ1) is 10.3. The standard InChI is InChI=1S/C11H12O4/c1-2-3-7-9-8(13)4-5-11(9,6-12)15-10(7)14/h2-5,9-10,12,14H,1,6H2/b7-3+/t9?,10-,11-/m0/s1. The minimum absolute atomic E-state index is 0.159. The first-order chi connectivity index (χ1) is 7.14. The topological polar surface area (TPSA) is 66.8 Å². The number of hydrogen-bond donors (Lipinski definition) is 2. The summed E-state index contributed by atoms with van der Waals surface area (Å²) in [5.74, 6) is -0.774. The predicted molar refractivity (Wildman–Crippen MR) is 52.8 cm³/mol. The van der Waals surface area contributed by atoms with Crippen molar-refractivity contribution >= 4 is 5.78 Å². The Morgan fingerprint density at radius 3 is 3.00 bits per heavy atom. The van der Waals surface area contributed by atoms with Gasteiger partial charge in [0.2, 0.25) is 0 Å². The minimum Gasteiger partial charge on any atom is -0.393 e. The molecule has 0 spiro atoms. The molecule has 1 aliphatic carbocycles. The highest BCUT2D eigenvalue weighted by atomic mass is 16.6. The van der Waals surface area contributed by atoms with Crippen molar-refractivity contribution in [2.24, 2.45) is 5.92 Å². The van der Waals surface area contributed by atoms with E-state index in [4.69, 9.17) is 4.74 Å². The van der Waals surface area contributed by atoms with Gasteiger partial charge >= 0.3 is 0 Å². The van der Waals surface area contributed by atoms with Gasteiger partial charge in [0.25, 0.3) is 0 Å². The summed E-state index contributed by atoms with van der Waals surface area (Å²) in [5, 5.41) is 18.9. The van der Waals surface area contributed by atoms with E-state index >= 15 is 0 Å². The van der Waals surface area contributed by atoms with Gasteiger partial charge in [0, 0.05) is 0 Å². The molecule has 2 rings (SSSR count). The van der Waals surface area contributed by atoms with E-state index in [-0.39, 0.29) is 12.4 Å². The summed E-state index contributed by atoms with van der Waals surface area (Å²) in [6, 6.07) is 0. The molecule has 0 amide bonds. The summed E-state index contributed by atoms with van der Waals surface area (Å²) in [7, 11) is 0. The van der Waals surface area contributed by atoms with Crippen molar-refractivity contribution in [1.82, 2.24) is 0 Å². The van der Waals surface area contributed by atoms with E-state index in [9.17, 15) is 15.0 Å². The Hall–Kier alpha value is -1.23. The second-order valence-corrected chi connectivity index (χ2v) is 3.65. The quantitative estimate of drug-likeness (QED) is 0.666. The maximum atomic E-state index is 11.6. The lowest BCUT2D eigenvalue weighted by atomic mass is 9.86. The fourth-order valence-corrected chi connectivity index (χ4v) is 2.12. The lowest BCUT2D eigenvalue weighted by Crippen LogP contribution is -2.37. The van der Waals surface area contributed by atoms with Gasteiger partial charge in [0.1, 0.15) is 5.60 Å². The fourth-order valence-electron chi connectivity index (χ4n) is 2.12. The van der Waals surface area contributed by atoms with Crippen molar-refractivity contribution < 1.29 is 19.7 Å². The van der Waals surface area contributed by atoms with E-state index in [1.807, 2.05) is 0 Å². The van der Waals surface area contributed by atoms with Gasteiger partial charge in [-0.15, -0.1) is 0 Å². The molecule has 1 fully saturated rings. The molecular weight excluding hydrogens is 196 g/mol. The smallest absolute Gasteiger partial charge is 0.179 e. The number of allylic oxidation sites excluding steroid dienone is 3. The van der Waals surface area contributed by atoms with Crippen LogP contribution in [0.2, 0.25) is 0 Å². The molecule has 2 N–H and O–H groups in total. The molecule has 0 bridgehead atoms. The fraction of sp³-hybridized carbons (Fsp3) is 0.364. The van der Waals surface area contributed by atoms with Crippen LogP contribution < -0.4 is 0 Å². The van der Waals surface area contributed by atoms with Crippen LogP contribution in [-0.4, -0.2) is 34.5 Å². The van der Waals surface area contributed by atoms with Crippen molar-refractivity contribution in [2.75, 3.05) is 6.61 Å². The summed E-state index contributed by atoms with van der Waals surface area (Å²) in [6.07, 6.45) is 4.78. The number of carbonyl (C=O) groups is 1. The number of ether oxygens (including phenoxy) is 1. The van der Waals surface area contributed by atoms with Gasteiger partial charge in [-0.2, -0.15) is 0 Å². The van der Waals surface area contributed by atoms with E-state index in [1.54, 1.807) is 6.08 Å². The average molecular weight is 208 g/mol. The molecule has 1 unspecified atom stereocenters. The maximum Gasteiger partial charge on any atom is 0.179 e. The van der Waals surface area contributed by atoms with Crippen molar-refractivity contribution in [3.05, 3.63) is 36.5 Å². The minimum atomic E-state index is -1.14. The van der Waals surface area contributed by atoms with Crippen LogP contribution in [0.25, 0.3) is 0 Å². The Kier molecular flexibility index (Phi) is 2.34. The monoisotopic (exact) mass is 208 g/mol. The summed E-state index contributed by atoms with van der Waals surface area (Å²) in [5.41, 5.74) is -0.625. The first-order valence-corrected chi connectivity index (χ1v) is 4.67. The van der Waals surface area contributed by atoms with Gasteiger partial charge in [-0.1, -0.05) is 18.7 Å². The third-order valence-corrected chi connectivity index (χ3v) is 2.81. The highest BCUT2D eigenvalue weighted by molar-refractivity contribution is 5.98. The Labute approximate surface area is 87.2 Å². The van der Waals surface area contributed by atoms with Crippen LogP contribution in [0.4, 0.5) is 0 Å². The van der Waals surface area contributed by atoms with E-state index in [2.05, 4.69) is 6.58 Å². The molecule has 0 aromatic rings. The first-order valence-electron chi connectivity index (χ1n) is 4.67.